The smallest absolute Gasteiger partial charge is 0.352 e. The predicted octanol–water partition coefficient (Wildman–Crippen LogP) is 4.82. The van der Waals surface area contributed by atoms with Crippen molar-refractivity contribution in [3.05, 3.63) is 30.1 Å². The number of alkyl halides is 3. The zero-order valence-electron chi connectivity index (χ0n) is 15.2. The molecule has 1 aromatic carbocycles. The first-order valence-electron chi connectivity index (χ1n) is 9.06. The van der Waals surface area contributed by atoms with Gasteiger partial charge in [-0.2, -0.15) is 13.2 Å². The number of rotatable bonds is 4. The topological polar surface area (TPSA) is 54.9 Å². The van der Waals surface area contributed by atoms with E-state index in [1.807, 2.05) is 0 Å². The summed E-state index contributed by atoms with van der Waals surface area (Å²) in [5.41, 5.74) is 0.218. The van der Waals surface area contributed by atoms with Crippen molar-refractivity contribution in [1.82, 2.24) is 15.3 Å². The number of benzene rings is 1. The number of thioether (sulfide) groups is 1. The van der Waals surface area contributed by atoms with Crippen LogP contribution in [0.2, 0.25) is 0 Å². The van der Waals surface area contributed by atoms with E-state index in [1.165, 1.54) is 12.5 Å². The molecule has 1 N–H and O–H groups in total. The lowest BCUT2D eigenvalue weighted by molar-refractivity contribution is -0.145. The number of nitrogens with one attached hydrogen (secondary N) is 1. The molecule has 146 valence electrons. The molecule has 3 atom stereocenters. The molecule has 0 saturated heterocycles. The molecule has 27 heavy (non-hydrogen) atoms. The summed E-state index contributed by atoms with van der Waals surface area (Å²) in [5, 5.41) is 3.19. The van der Waals surface area contributed by atoms with Crippen LogP contribution in [0.1, 0.15) is 45.4 Å². The fourth-order valence-corrected chi connectivity index (χ4v) is 4.26. The molecule has 1 aliphatic rings. The molecule has 1 heterocycles. The minimum Gasteiger partial charge on any atom is -0.352 e. The quantitative estimate of drug-likeness (QED) is 0.593. The summed E-state index contributed by atoms with van der Waals surface area (Å²) in [7, 11) is 0. The first kappa shape index (κ1) is 19.9. The monoisotopic (exact) mass is 397 g/mol. The molecule has 1 fully saturated rings. The molecule has 0 aliphatic heterocycles. The molecule has 0 spiro atoms. The minimum atomic E-state index is -4.64. The Kier molecular flexibility index (Phi) is 5.93. The van der Waals surface area contributed by atoms with E-state index in [0.29, 0.717) is 11.3 Å². The maximum absolute atomic E-state index is 13.1. The average Bonchev–Trinajstić information content (AvgIpc) is 2.62. The fourth-order valence-electron chi connectivity index (χ4n) is 3.32. The molecule has 0 bridgehead atoms. The van der Waals surface area contributed by atoms with Gasteiger partial charge in [-0.25, -0.2) is 9.97 Å². The highest BCUT2D eigenvalue weighted by atomic mass is 32.2. The van der Waals surface area contributed by atoms with Crippen LogP contribution in [0, 0.1) is 5.92 Å². The average molecular weight is 397 g/mol. The molecule has 0 unspecified atom stereocenters. The Labute approximate surface area is 160 Å². The zero-order valence-corrected chi connectivity index (χ0v) is 16.0. The number of para-hydroxylation sites is 1. The molecular formula is C19H22F3N3OS. The number of fused-ring (bicyclic) bond motifs is 1. The molecular weight excluding hydrogens is 375 g/mol. The normalized spacial score (nSPS) is 21.8. The summed E-state index contributed by atoms with van der Waals surface area (Å²) in [6, 6.07) is 6.67. The summed E-state index contributed by atoms with van der Waals surface area (Å²) >= 11 is 1.04. The number of carbonyl (C=O) groups is 1. The first-order chi connectivity index (χ1) is 12.8. The van der Waals surface area contributed by atoms with Crippen LogP contribution in [0.15, 0.2) is 29.3 Å². The van der Waals surface area contributed by atoms with Crippen LogP contribution in [0.4, 0.5) is 13.2 Å². The van der Waals surface area contributed by atoms with Crippen LogP contribution in [0.25, 0.3) is 10.9 Å². The summed E-state index contributed by atoms with van der Waals surface area (Å²) in [6.07, 6.45) is -0.355. The Hall–Kier alpha value is -1.83. The lowest BCUT2D eigenvalue weighted by Crippen LogP contribution is -2.44. The molecule has 8 heteroatoms. The number of hydrogen-bond donors (Lipinski definition) is 1. The Morgan fingerprint density at radius 3 is 2.63 bits per heavy atom. The highest BCUT2D eigenvalue weighted by Crippen LogP contribution is 2.34. The van der Waals surface area contributed by atoms with E-state index < -0.39 is 17.3 Å². The fraction of sp³-hybridized carbons (Fsp3) is 0.526. The Balaban J connectivity index is 1.81. The van der Waals surface area contributed by atoms with Crippen molar-refractivity contribution in [2.45, 2.75) is 62.0 Å². The lowest BCUT2D eigenvalue weighted by Gasteiger charge is -2.30. The van der Waals surface area contributed by atoms with Crippen molar-refractivity contribution in [2.24, 2.45) is 5.92 Å². The largest absolute Gasteiger partial charge is 0.451 e. The van der Waals surface area contributed by atoms with Gasteiger partial charge >= 0.3 is 6.18 Å². The second-order valence-electron chi connectivity index (χ2n) is 7.00. The van der Waals surface area contributed by atoms with Crippen LogP contribution in [-0.4, -0.2) is 27.2 Å². The van der Waals surface area contributed by atoms with E-state index in [2.05, 4.69) is 22.2 Å². The SMILES string of the molecule is C[C@@H](Sc1nc(C(F)(F)F)nc2ccccc12)C(=O)N[C@H]1CCCC[C@@H]1C. The molecule has 1 aromatic heterocycles. The van der Waals surface area contributed by atoms with Crippen molar-refractivity contribution in [3.63, 3.8) is 0 Å². The van der Waals surface area contributed by atoms with Gasteiger partial charge in [-0.3, -0.25) is 4.79 Å². The van der Waals surface area contributed by atoms with Gasteiger partial charge < -0.3 is 5.32 Å². The lowest BCUT2D eigenvalue weighted by atomic mass is 9.86. The van der Waals surface area contributed by atoms with Gasteiger partial charge in [0, 0.05) is 11.4 Å². The Bertz CT molecular complexity index is 827. The van der Waals surface area contributed by atoms with Crippen LogP contribution < -0.4 is 5.32 Å². The van der Waals surface area contributed by atoms with Gasteiger partial charge in [0.1, 0.15) is 5.03 Å². The molecule has 4 nitrogen and oxygen atoms in total. The number of aromatic nitrogens is 2. The summed E-state index contributed by atoms with van der Waals surface area (Å²) in [5.74, 6) is -0.941. The van der Waals surface area contributed by atoms with Gasteiger partial charge in [0.2, 0.25) is 11.7 Å². The number of amides is 1. The summed E-state index contributed by atoms with van der Waals surface area (Å²) in [4.78, 5) is 19.9. The third kappa shape index (κ3) is 4.72. The van der Waals surface area contributed by atoms with Crippen LogP contribution in [-0.2, 0) is 11.0 Å². The van der Waals surface area contributed by atoms with Crippen molar-refractivity contribution in [2.75, 3.05) is 0 Å². The Morgan fingerprint density at radius 1 is 1.22 bits per heavy atom. The molecule has 1 saturated carbocycles. The number of halogens is 3. The first-order valence-corrected chi connectivity index (χ1v) is 9.94. The van der Waals surface area contributed by atoms with Gasteiger partial charge in [-0.1, -0.05) is 49.7 Å². The summed E-state index contributed by atoms with van der Waals surface area (Å²) < 4.78 is 39.4. The van der Waals surface area contributed by atoms with E-state index in [1.54, 1.807) is 25.1 Å². The second-order valence-corrected chi connectivity index (χ2v) is 8.33. The van der Waals surface area contributed by atoms with Crippen LogP contribution >= 0.6 is 11.8 Å². The standard InChI is InChI=1S/C19H22F3N3OS/c1-11-7-3-5-9-14(11)23-16(26)12(2)27-17-13-8-4-6-10-15(13)24-18(25-17)19(20,21)22/h4,6,8,10-12,14H,3,5,7,9H2,1-2H3,(H,23,26)/t11-,12+,14-/m0/s1. The van der Waals surface area contributed by atoms with E-state index in [4.69, 9.17) is 0 Å². The number of hydrogen-bond acceptors (Lipinski definition) is 4. The maximum atomic E-state index is 13.1. The van der Waals surface area contributed by atoms with Gasteiger partial charge in [-0.05, 0) is 31.7 Å². The van der Waals surface area contributed by atoms with Gasteiger partial charge in [-0.15, -0.1) is 0 Å². The van der Waals surface area contributed by atoms with E-state index >= 15 is 0 Å². The molecule has 1 aliphatic carbocycles. The molecule has 2 aromatic rings. The number of nitrogens with zero attached hydrogens (tertiary/aromatic N) is 2. The molecule has 3 rings (SSSR count). The zero-order chi connectivity index (χ0) is 19.6. The highest BCUT2D eigenvalue weighted by Gasteiger charge is 2.36. The maximum Gasteiger partial charge on any atom is 0.451 e. The predicted molar refractivity (Wildman–Crippen MR) is 99.4 cm³/mol. The van der Waals surface area contributed by atoms with Gasteiger partial charge in [0.25, 0.3) is 0 Å². The molecule has 1 amide bonds. The van der Waals surface area contributed by atoms with E-state index in [9.17, 15) is 18.0 Å². The van der Waals surface area contributed by atoms with Crippen molar-refractivity contribution < 1.29 is 18.0 Å². The van der Waals surface area contributed by atoms with Gasteiger partial charge in [0.15, 0.2) is 0 Å². The van der Waals surface area contributed by atoms with E-state index in [0.717, 1.165) is 31.0 Å². The Morgan fingerprint density at radius 2 is 1.93 bits per heavy atom. The van der Waals surface area contributed by atoms with Crippen molar-refractivity contribution in [3.8, 4) is 0 Å². The van der Waals surface area contributed by atoms with Crippen molar-refractivity contribution >= 4 is 28.6 Å². The van der Waals surface area contributed by atoms with Crippen LogP contribution in [0.3, 0.4) is 0 Å². The van der Waals surface area contributed by atoms with Crippen LogP contribution in [0.5, 0.6) is 0 Å². The molecule has 0 radical (unpaired) electrons. The second kappa shape index (κ2) is 8.04. The third-order valence-electron chi connectivity index (χ3n) is 4.92. The highest BCUT2D eigenvalue weighted by molar-refractivity contribution is 8.00. The number of carbonyl (C=O) groups excluding carboxylic acids is 1. The third-order valence-corrected chi connectivity index (χ3v) is 6.02. The minimum absolute atomic E-state index is 0.127. The van der Waals surface area contributed by atoms with E-state index in [-0.39, 0.29) is 22.5 Å². The summed E-state index contributed by atoms with van der Waals surface area (Å²) in [6.45, 7) is 3.81. The van der Waals surface area contributed by atoms with Gasteiger partial charge in [0.05, 0.1) is 10.8 Å². The van der Waals surface area contributed by atoms with Crippen molar-refractivity contribution in [1.29, 1.82) is 0 Å².